The van der Waals surface area contributed by atoms with E-state index in [1.165, 1.54) is 17.8 Å². The van der Waals surface area contributed by atoms with E-state index >= 15 is 0 Å². The molecule has 0 radical (unpaired) electrons. The molecule has 4 rings (SSSR count). The van der Waals surface area contributed by atoms with E-state index in [-0.39, 0.29) is 28.9 Å². The van der Waals surface area contributed by atoms with E-state index in [4.69, 9.17) is 0 Å². The predicted molar refractivity (Wildman–Crippen MR) is 119 cm³/mol. The third-order valence-corrected chi connectivity index (χ3v) is 7.89. The summed E-state index contributed by atoms with van der Waals surface area (Å²) in [6.45, 7) is 2.02. The van der Waals surface area contributed by atoms with Crippen LogP contribution in [0.4, 0.5) is 15.8 Å². The van der Waals surface area contributed by atoms with E-state index < -0.39 is 27.7 Å². The Balaban J connectivity index is 1.52. The number of nitrogens with zero attached hydrogens (tertiary/aromatic N) is 2. The predicted octanol–water partition coefficient (Wildman–Crippen LogP) is 3.10. The number of anilines is 2. The number of aryl methyl sites for hydroxylation is 1. The third kappa shape index (κ3) is 4.22. The summed E-state index contributed by atoms with van der Waals surface area (Å²) in [5.74, 6) is -0.675. The number of benzene rings is 2. The second-order valence-electron chi connectivity index (χ2n) is 7.29. The van der Waals surface area contributed by atoms with Gasteiger partial charge in [0.1, 0.15) is 5.82 Å². The van der Waals surface area contributed by atoms with Crippen molar-refractivity contribution in [3.8, 4) is 0 Å². The number of hydrogen-bond donors (Lipinski definition) is 1. The van der Waals surface area contributed by atoms with Crippen LogP contribution in [0.3, 0.4) is 0 Å². The van der Waals surface area contributed by atoms with E-state index in [1.807, 2.05) is 31.2 Å². The Kier molecular flexibility index (Phi) is 5.84. The first-order valence-electron chi connectivity index (χ1n) is 9.70. The minimum absolute atomic E-state index is 0.0528. The number of aliphatic imine (C=N–C) groups is 1. The molecule has 0 bridgehead atoms. The Hall–Kier alpha value is -2.39. The summed E-state index contributed by atoms with van der Waals surface area (Å²) >= 11 is 1.20. The van der Waals surface area contributed by atoms with Crippen LogP contribution in [0, 0.1) is 5.82 Å². The van der Waals surface area contributed by atoms with Crippen LogP contribution < -0.4 is 10.2 Å². The molecule has 1 fully saturated rings. The lowest BCUT2D eigenvalue weighted by Gasteiger charge is -2.26. The van der Waals surface area contributed by atoms with E-state index in [0.717, 1.165) is 17.7 Å². The smallest absolute Gasteiger partial charge is 0.234 e. The fourth-order valence-corrected chi connectivity index (χ4v) is 6.59. The lowest BCUT2D eigenvalue weighted by molar-refractivity contribution is -0.113. The molecular formula is C21H22FN3O3S2. The van der Waals surface area contributed by atoms with Crippen molar-refractivity contribution < 1.29 is 17.6 Å². The molecule has 2 aromatic carbocycles. The van der Waals surface area contributed by atoms with Gasteiger partial charge in [-0.25, -0.2) is 12.8 Å². The summed E-state index contributed by atoms with van der Waals surface area (Å²) < 4.78 is 38.7. The van der Waals surface area contributed by atoms with Crippen molar-refractivity contribution in [3.63, 3.8) is 0 Å². The molecule has 2 atom stereocenters. The first-order chi connectivity index (χ1) is 14.4. The maximum absolute atomic E-state index is 14.5. The highest BCUT2D eigenvalue weighted by atomic mass is 32.2. The first kappa shape index (κ1) is 20.9. The number of carbonyl (C=O) groups excluding carboxylic acids is 1. The van der Waals surface area contributed by atoms with Gasteiger partial charge in [0.15, 0.2) is 15.0 Å². The van der Waals surface area contributed by atoms with Crippen molar-refractivity contribution in [1.82, 2.24) is 0 Å². The topological polar surface area (TPSA) is 78.8 Å². The standard InChI is InChI=1S/C21H22FN3O3S2/c1-2-14-7-3-5-9-16(14)23-20(26)11-29-21-24-17-12-30(27,28)13-19(17)25(21)18-10-6-4-8-15(18)22/h3-10,17,19H,2,11-13H2,1H3,(H,23,26)/t17-,19-/m0/s1. The van der Waals surface area contributed by atoms with Crippen molar-refractivity contribution >= 4 is 44.0 Å². The van der Waals surface area contributed by atoms with Gasteiger partial charge in [0.05, 0.1) is 35.0 Å². The number of amides is 1. The van der Waals surface area contributed by atoms with E-state index in [9.17, 15) is 17.6 Å². The second-order valence-corrected chi connectivity index (χ2v) is 10.4. The number of para-hydroxylation sites is 2. The first-order valence-corrected chi connectivity index (χ1v) is 12.5. The number of nitrogens with one attached hydrogen (secondary N) is 1. The lowest BCUT2D eigenvalue weighted by atomic mass is 10.1. The summed E-state index contributed by atoms with van der Waals surface area (Å²) in [7, 11) is -3.22. The molecule has 1 amide bonds. The number of hydrogen-bond acceptors (Lipinski definition) is 6. The van der Waals surface area contributed by atoms with Crippen molar-refractivity contribution in [2.45, 2.75) is 25.4 Å². The Bertz CT molecular complexity index is 1100. The van der Waals surface area contributed by atoms with Gasteiger partial charge in [-0.15, -0.1) is 0 Å². The minimum Gasteiger partial charge on any atom is -0.325 e. The van der Waals surface area contributed by atoms with Gasteiger partial charge < -0.3 is 10.2 Å². The average molecular weight is 448 g/mol. The lowest BCUT2D eigenvalue weighted by Crippen LogP contribution is -2.40. The molecule has 0 unspecified atom stereocenters. The van der Waals surface area contributed by atoms with Gasteiger partial charge in [-0.3, -0.25) is 9.79 Å². The third-order valence-electron chi connectivity index (χ3n) is 5.22. The highest BCUT2D eigenvalue weighted by molar-refractivity contribution is 8.14. The molecule has 2 aliphatic heterocycles. The van der Waals surface area contributed by atoms with E-state index in [1.54, 1.807) is 23.1 Å². The van der Waals surface area contributed by atoms with Gasteiger partial charge in [-0.1, -0.05) is 49.0 Å². The fraction of sp³-hybridized carbons (Fsp3) is 0.333. The fourth-order valence-electron chi connectivity index (χ4n) is 3.83. The van der Waals surface area contributed by atoms with Crippen molar-refractivity contribution in [2.24, 2.45) is 4.99 Å². The van der Waals surface area contributed by atoms with Crippen LogP contribution in [-0.4, -0.2) is 48.8 Å². The zero-order valence-corrected chi connectivity index (χ0v) is 18.0. The number of halogens is 1. The van der Waals surface area contributed by atoms with Crippen LogP contribution in [0.2, 0.25) is 0 Å². The maximum Gasteiger partial charge on any atom is 0.234 e. The number of fused-ring (bicyclic) bond motifs is 1. The number of rotatable bonds is 5. The molecule has 2 heterocycles. The van der Waals surface area contributed by atoms with Crippen LogP contribution in [0.1, 0.15) is 12.5 Å². The van der Waals surface area contributed by atoms with Gasteiger partial charge in [0, 0.05) is 5.69 Å². The molecule has 0 spiro atoms. The van der Waals surface area contributed by atoms with Gasteiger partial charge in [0.25, 0.3) is 0 Å². The van der Waals surface area contributed by atoms with E-state index in [2.05, 4.69) is 10.3 Å². The molecule has 2 aliphatic rings. The van der Waals surface area contributed by atoms with E-state index in [0.29, 0.717) is 5.17 Å². The monoisotopic (exact) mass is 447 g/mol. The quantitative estimate of drug-likeness (QED) is 0.762. The largest absolute Gasteiger partial charge is 0.325 e. The molecular weight excluding hydrogens is 425 g/mol. The number of sulfone groups is 1. The highest BCUT2D eigenvalue weighted by Gasteiger charge is 2.47. The molecule has 0 aliphatic carbocycles. The number of amidine groups is 1. The second kappa shape index (κ2) is 8.39. The van der Waals surface area contributed by atoms with Crippen LogP contribution in [0.15, 0.2) is 53.5 Å². The van der Waals surface area contributed by atoms with Gasteiger partial charge in [-0.05, 0) is 30.2 Å². The molecule has 1 saturated heterocycles. The number of thioether (sulfide) groups is 1. The zero-order valence-electron chi connectivity index (χ0n) is 16.4. The van der Waals surface area contributed by atoms with Crippen LogP contribution in [0.5, 0.6) is 0 Å². The molecule has 158 valence electrons. The highest BCUT2D eigenvalue weighted by Crippen LogP contribution is 2.36. The van der Waals surface area contributed by atoms with Gasteiger partial charge in [-0.2, -0.15) is 0 Å². The van der Waals surface area contributed by atoms with Crippen LogP contribution >= 0.6 is 11.8 Å². The van der Waals surface area contributed by atoms with Gasteiger partial charge >= 0.3 is 0 Å². The van der Waals surface area contributed by atoms with Crippen LogP contribution in [0.25, 0.3) is 0 Å². The van der Waals surface area contributed by atoms with Crippen molar-refractivity contribution in [3.05, 3.63) is 59.9 Å². The Morgan fingerprint density at radius 2 is 1.93 bits per heavy atom. The molecule has 0 aromatic heterocycles. The molecule has 2 aromatic rings. The molecule has 0 saturated carbocycles. The number of carbonyl (C=O) groups is 1. The Morgan fingerprint density at radius 3 is 2.70 bits per heavy atom. The van der Waals surface area contributed by atoms with Crippen molar-refractivity contribution in [1.29, 1.82) is 0 Å². The molecule has 30 heavy (non-hydrogen) atoms. The average Bonchev–Trinajstić information content (AvgIpc) is 3.18. The molecule has 1 N–H and O–H groups in total. The summed E-state index contributed by atoms with van der Waals surface area (Å²) in [6, 6.07) is 12.9. The summed E-state index contributed by atoms with van der Waals surface area (Å²) in [5.41, 5.74) is 2.10. The minimum atomic E-state index is -3.22. The SMILES string of the molecule is CCc1ccccc1NC(=O)CSC1=N[C@H]2CS(=O)(=O)C[C@@H]2N1c1ccccc1F. The van der Waals surface area contributed by atoms with Crippen LogP contribution in [-0.2, 0) is 21.1 Å². The molecule has 9 heteroatoms. The molecule has 6 nitrogen and oxygen atoms in total. The Morgan fingerprint density at radius 1 is 1.20 bits per heavy atom. The summed E-state index contributed by atoms with van der Waals surface area (Å²) in [5, 5.41) is 3.39. The maximum atomic E-state index is 14.5. The summed E-state index contributed by atoms with van der Waals surface area (Å²) in [4.78, 5) is 18.7. The van der Waals surface area contributed by atoms with Crippen molar-refractivity contribution in [2.75, 3.05) is 27.5 Å². The van der Waals surface area contributed by atoms with Gasteiger partial charge in [0.2, 0.25) is 5.91 Å². The summed E-state index contributed by atoms with van der Waals surface area (Å²) in [6.07, 6.45) is 0.801. The normalized spacial score (nSPS) is 21.9. The Labute approximate surface area is 179 Å². The zero-order chi connectivity index (χ0) is 21.3.